The second-order valence-corrected chi connectivity index (χ2v) is 4.57. The summed E-state index contributed by atoms with van der Waals surface area (Å²) in [7, 11) is 0. The van der Waals surface area contributed by atoms with Crippen molar-refractivity contribution in [2.24, 2.45) is 0 Å². The van der Waals surface area contributed by atoms with E-state index in [0.29, 0.717) is 12.2 Å². The Labute approximate surface area is 98.6 Å². The van der Waals surface area contributed by atoms with Crippen LogP contribution in [0.1, 0.15) is 24.2 Å². The third-order valence-corrected chi connectivity index (χ3v) is 2.55. The first-order valence-corrected chi connectivity index (χ1v) is 5.23. The number of hydrogen-bond acceptors (Lipinski definition) is 3. The van der Waals surface area contributed by atoms with Gasteiger partial charge in [-0.2, -0.15) is 0 Å². The number of carbonyl (C=O) groups excluding carboxylic acids is 1. The minimum atomic E-state index is -0.985. The number of hydrogen-bond donors (Lipinski definition) is 1. The first-order chi connectivity index (χ1) is 7.89. The Morgan fingerprint density at radius 1 is 1.35 bits per heavy atom. The zero-order valence-electron chi connectivity index (χ0n) is 9.64. The number of aromatic carboxylic acids is 1. The van der Waals surface area contributed by atoms with Crippen LogP contribution >= 0.6 is 0 Å². The van der Waals surface area contributed by atoms with Gasteiger partial charge in [-0.05, 0) is 38.1 Å². The normalized spacial score (nSPS) is 18.0. The number of nitrogens with zero attached hydrogens (tertiary/aromatic N) is 1. The highest BCUT2D eigenvalue weighted by molar-refractivity contribution is 5.92. The SMILES string of the molecule is CC1(C)CN(c2ccc(C(=O)O)cc2)C(=O)O1. The van der Waals surface area contributed by atoms with E-state index >= 15 is 0 Å². The molecule has 1 heterocycles. The van der Waals surface area contributed by atoms with Gasteiger partial charge in [-0.15, -0.1) is 0 Å². The summed E-state index contributed by atoms with van der Waals surface area (Å²) >= 11 is 0. The summed E-state index contributed by atoms with van der Waals surface area (Å²) in [6.45, 7) is 4.12. The third kappa shape index (κ3) is 2.22. The van der Waals surface area contributed by atoms with Crippen LogP contribution in [-0.2, 0) is 4.74 Å². The number of carbonyl (C=O) groups is 2. The Morgan fingerprint density at radius 3 is 2.35 bits per heavy atom. The maximum atomic E-state index is 11.6. The molecule has 90 valence electrons. The van der Waals surface area contributed by atoms with E-state index < -0.39 is 17.7 Å². The molecule has 0 aromatic heterocycles. The van der Waals surface area contributed by atoms with Gasteiger partial charge in [0.05, 0.1) is 12.1 Å². The second kappa shape index (κ2) is 3.76. The minimum Gasteiger partial charge on any atom is -0.478 e. The molecule has 1 N–H and O–H groups in total. The van der Waals surface area contributed by atoms with Gasteiger partial charge in [-0.25, -0.2) is 9.59 Å². The van der Waals surface area contributed by atoms with Gasteiger partial charge in [0.15, 0.2) is 0 Å². The summed E-state index contributed by atoms with van der Waals surface area (Å²) in [5, 5.41) is 8.77. The summed E-state index contributed by atoms with van der Waals surface area (Å²) in [6, 6.07) is 6.14. The average Bonchev–Trinajstić information content (AvgIpc) is 2.52. The molecule has 5 nitrogen and oxygen atoms in total. The fraction of sp³-hybridized carbons (Fsp3) is 0.333. The lowest BCUT2D eigenvalue weighted by molar-refractivity contribution is 0.0696. The monoisotopic (exact) mass is 235 g/mol. The van der Waals surface area contributed by atoms with Crippen molar-refractivity contribution in [3.05, 3.63) is 29.8 Å². The van der Waals surface area contributed by atoms with Crippen molar-refractivity contribution in [2.75, 3.05) is 11.4 Å². The molecule has 0 saturated carbocycles. The van der Waals surface area contributed by atoms with Gasteiger partial charge in [0, 0.05) is 5.69 Å². The molecule has 1 aliphatic rings. The Morgan fingerprint density at radius 2 is 1.94 bits per heavy atom. The fourth-order valence-corrected chi connectivity index (χ4v) is 1.75. The lowest BCUT2D eigenvalue weighted by Gasteiger charge is -2.15. The van der Waals surface area contributed by atoms with Gasteiger partial charge in [0.2, 0.25) is 0 Å². The minimum absolute atomic E-state index is 0.195. The number of rotatable bonds is 2. The van der Waals surface area contributed by atoms with Gasteiger partial charge >= 0.3 is 12.1 Å². The first kappa shape index (κ1) is 11.4. The van der Waals surface area contributed by atoms with Gasteiger partial charge in [-0.3, -0.25) is 4.90 Å². The van der Waals surface area contributed by atoms with Gasteiger partial charge in [0.25, 0.3) is 0 Å². The van der Waals surface area contributed by atoms with Gasteiger partial charge < -0.3 is 9.84 Å². The van der Waals surface area contributed by atoms with Crippen LogP contribution in [0.2, 0.25) is 0 Å². The molecule has 0 spiro atoms. The van der Waals surface area contributed by atoms with E-state index in [1.165, 1.54) is 17.0 Å². The predicted octanol–water partition coefficient (Wildman–Crippen LogP) is 2.12. The van der Waals surface area contributed by atoms with Gasteiger partial charge in [0.1, 0.15) is 5.60 Å². The molecule has 1 aromatic rings. The quantitative estimate of drug-likeness (QED) is 0.852. The van der Waals surface area contributed by atoms with Gasteiger partial charge in [-0.1, -0.05) is 0 Å². The van der Waals surface area contributed by atoms with E-state index in [1.807, 2.05) is 13.8 Å². The van der Waals surface area contributed by atoms with Crippen LogP contribution in [0.5, 0.6) is 0 Å². The topological polar surface area (TPSA) is 66.8 Å². The van der Waals surface area contributed by atoms with Crippen molar-refractivity contribution >= 4 is 17.7 Å². The molecular weight excluding hydrogens is 222 g/mol. The average molecular weight is 235 g/mol. The predicted molar refractivity (Wildman–Crippen MR) is 61.3 cm³/mol. The maximum absolute atomic E-state index is 11.6. The summed E-state index contributed by atoms with van der Waals surface area (Å²) in [5.74, 6) is -0.985. The van der Waals surface area contributed by atoms with Crippen molar-refractivity contribution in [3.8, 4) is 0 Å². The highest BCUT2D eigenvalue weighted by Crippen LogP contribution is 2.27. The van der Waals surface area contributed by atoms with Crippen LogP contribution in [0.25, 0.3) is 0 Å². The summed E-state index contributed by atoms with van der Waals surface area (Å²) in [6.07, 6.45) is -0.405. The highest BCUT2D eigenvalue weighted by atomic mass is 16.6. The molecule has 0 aliphatic carbocycles. The zero-order valence-corrected chi connectivity index (χ0v) is 9.64. The number of benzene rings is 1. The van der Waals surface area contributed by atoms with Crippen molar-refractivity contribution < 1.29 is 19.4 Å². The van der Waals surface area contributed by atoms with Crippen LogP contribution < -0.4 is 4.90 Å². The zero-order chi connectivity index (χ0) is 12.6. The summed E-state index contributed by atoms with van der Waals surface area (Å²) in [5.41, 5.74) is 0.328. The largest absolute Gasteiger partial charge is 0.478 e. The third-order valence-electron chi connectivity index (χ3n) is 2.55. The van der Waals surface area contributed by atoms with Crippen LogP contribution in [0.4, 0.5) is 10.5 Å². The van der Waals surface area contributed by atoms with Crippen molar-refractivity contribution in [2.45, 2.75) is 19.4 Å². The van der Waals surface area contributed by atoms with Crippen LogP contribution in [-0.4, -0.2) is 29.3 Å². The molecule has 1 saturated heterocycles. The molecule has 1 aliphatic heterocycles. The molecule has 0 atom stereocenters. The van der Waals surface area contributed by atoms with Crippen LogP contribution in [0.15, 0.2) is 24.3 Å². The van der Waals surface area contributed by atoms with E-state index in [0.717, 1.165) is 0 Å². The van der Waals surface area contributed by atoms with Crippen LogP contribution in [0, 0.1) is 0 Å². The Bertz CT molecular complexity index is 464. The van der Waals surface area contributed by atoms with E-state index in [4.69, 9.17) is 9.84 Å². The maximum Gasteiger partial charge on any atom is 0.415 e. The molecule has 1 fully saturated rings. The molecule has 0 radical (unpaired) electrons. The molecular formula is C12H13NO4. The number of carboxylic acids is 1. The molecule has 2 rings (SSSR count). The summed E-state index contributed by atoms with van der Waals surface area (Å²) in [4.78, 5) is 23.8. The van der Waals surface area contributed by atoms with Crippen molar-refractivity contribution in [3.63, 3.8) is 0 Å². The number of ether oxygens (including phenoxy) is 1. The smallest absolute Gasteiger partial charge is 0.415 e. The first-order valence-electron chi connectivity index (χ1n) is 5.23. The Balaban J connectivity index is 2.24. The van der Waals surface area contributed by atoms with Crippen molar-refractivity contribution in [1.82, 2.24) is 0 Å². The van der Waals surface area contributed by atoms with Crippen LogP contribution in [0.3, 0.4) is 0 Å². The molecule has 5 heteroatoms. The number of anilines is 1. The number of carboxylic acid groups (broad SMARTS) is 1. The highest BCUT2D eigenvalue weighted by Gasteiger charge is 2.38. The fourth-order valence-electron chi connectivity index (χ4n) is 1.75. The van der Waals surface area contributed by atoms with E-state index in [2.05, 4.69) is 0 Å². The van der Waals surface area contributed by atoms with E-state index in [9.17, 15) is 9.59 Å². The molecule has 17 heavy (non-hydrogen) atoms. The second-order valence-electron chi connectivity index (χ2n) is 4.57. The molecule has 0 bridgehead atoms. The lowest BCUT2D eigenvalue weighted by Crippen LogP contribution is -2.28. The Kier molecular flexibility index (Phi) is 2.53. The number of amides is 1. The molecule has 1 amide bonds. The van der Waals surface area contributed by atoms with Crippen molar-refractivity contribution in [1.29, 1.82) is 0 Å². The molecule has 1 aromatic carbocycles. The van der Waals surface area contributed by atoms with E-state index in [1.54, 1.807) is 12.1 Å². The summed E-state index contributed by atoms with van der Waals surface area (Å²) < 4.78 is 5.16. The molecule has 0 unspecified atom stereocenters. The lowest BCUT2D eigenvalue weighted by atomic mass is 10.1. The number of cyclic esters (lactones) is 1. The van der Waals surface area contributed by atoms with E-state index in [-0.39, 0.29) is 5.56 Å². The Hall–Kier alpha value is -2.04. The standard InChI is InChI=1S/C12H13NO4/c1-12(2)7-13(11(16)17-12)9-5-3-8(4-6-9)10(14)15/h3-6H,7H2,1-2H3,(H,14,15).